The Morgan fingerprint density at radius 2 is 1.82 bits per heavy atom. The number of carbonyl (C=O) groups is 2. The van der Waals surface area contributed by atoms with Gasteiger partial charge in [-0.05, 0) is 50.8 Å². The van der Waals surface area contributed by atoms with Crippen LogP contribution in [0.25, 0.3) is 11.1 Å². The summed E-state index contributed by atoms with van der Waals surface area (Å²) in [5, 5.41) is 14.0. The molecule has 34 heavy (non-hydrogen) atoms. The molecule has 0 saturated heterocycles. The molecule has 3 aromatic rings. The Kier molecular flexibility index (Phi) is 7.40. The van der Waals surface area contributed by atoms with Crippen molar-refractivity contribution in [2.24, 2.45) is 13.0 Å². The zero-order valence-corrected chi connectivity index (χ0v) is 20.0. The zero-order valence-electron chi connectivity index (χ0n) is 20.0. The first-order valence-corrected chi connectivity index (χ1v) is 11.9. The Bertz CT molecular complexity index is 1110. The van der Waals surface area contributed by atoms with Crippen molar-refractivity contribution in [3.63, 3.8) is 0 Å². The Balaban J connectivity index is 1.52. The van der Waals surface area contributed by atoms with Gasteiger partial charge in [-0.3, -0.25) is 14.3 Å². The van der Waals surface area contributed by atoms with Crippen LogP contribution in [0, 0.1) is 19.8 Å². The maximum Gasteiger partial charge on any atom is 0.270 e. The lowest BCUT2D eigenvalue weighted by molar-refractivity contribution is -0.119. The lowest BCUT2D eigenvalue weighted by Gasteiger charge is -2.28. The number of carbonyl (C=O) groups excluding carboxylic acids is 2. The predicted octanol–water partition coefficient (Wildman–Crippen LogP) is 4.18. The summed E-state index contributed by atoms with van der Waals surface area (Å²) in [6.07, 6.45) is 10.7. The lowest BCUT2D eigenvalue weighted by Crippen LogP contribution is -2.49. The molecule has 1 unspecified atom stereocenters. The van der Waals surface area contributed by atoms with E-state index in [1.165, 1.54) is 11.1 Å². The second-order valence-electron chi connectivity index (χ2n) is 9.02. The summed E-state index contributed by atoms with van der Waals surface area (Å²) >= 11 is 0. The highest BCUT2D eigenvalue weighted by atomic mass is 16.5. The molecule has 9 nitrogen and oxygen atoms in total. The van der Waals surface area contributed by atoms with E-state index in [1.807, 2.05) is 19.9 Å². The van der Waals surface area contributed by atoms with Gasteiger partial charge in [0.25, 0.3) is 5.91 Å². The molecule has 9 heteroatoms. The van der Waals surface area contributed by atoms with Crippen molar-refractivity contribution >= 4 is 17.6 Å². The summed E-state index contributed by atoms with van der Waals surface area (Å²) in [6, 6.07) is 4.65. The van der Waals surface area contributed by atoms with E-state index in [0.717, 1.165) is 61.1 Å². The molecule has 0 radical (unpaired) electrons. The predicted molar refractivity (Wildman–Crippen MR) is 128 cm³/mol. The van der Waals surface area contributed by atoms with E-state index in [1.54, 1.807) is 31.6 Å². The zero-order chi connectivity index (χ0) is 24.1. The Morgan fingerprint density at radius 1 is 1.09 bits per heavy atom. The molecule has 2 amide bonds. The first kappa shape index (κ1) is 23.7. The van der Waals surface area contributed by atoms with Gasteiger partial charge in [0, 0.05) is 30.6 Å². The fraction of sp³-hybridized carbons (Fsp3) is 0.480. The van der Waals surface area contributed by atoms with Crippen molar-refractivity contribution in [1.82, 2.24) is 25.2 Å². The van der Waals surface area contributed by atoms with Crippen LogP contribution in [-0.2, 0) is 11.8 Å². The Morgan fingerprint density at radius 3 is 2.41 bits per heavy atom. The van der Waals surface area contributed by atoms with Gasteiger partial charge in [0.2, 0.25) is 5.91 Å². The van der Waals surface area contributed by atoms with E-state index in [-0.39, 0.29) is 17.7 Å². The second kappa shape index (κ2) is 10.6. The SMILES string of the molecule is Cc1noc(C)c1-c1ccc(NC(=O)C(NC(=O)c2ccnn2C)C2CCCCCCC2)nc1. The summed E-state index contributed by atoms with van der Waals surface area (Å²) in [6.45, 7) is 3.74. The third-order valence-corrected chi connectivity index (χ3v) is 6.58. The third kappa shape index (κ3) is 5.35. The number of amides is 2. The van der Waals surface area contributed by atoms with Crippen LogP contribution in [0.1, 0.15) is 66.9 Å². The van der Waals surface area contributed by atoms with Crippen LogP contribution in [0.15, 0.2) is 35.1 Å². The van der Waals surface area contributed by atoms with Crippen LogP contribution in [0.2, 0.25) is 0 Å². The number of aryl methyl sites for hydroxylation is 3. The van der Waals surface area contributed by atoms with Crippen molar-refractivity contribution in [1.29, 1.82) is 0 Å². The average Bonchev–Trinajstić information content (AvgIpc) is 3.37. The van der Waals surface area contributed by atoms with Crippen LogP contribution in [0.3, 0.4) is 0 Å². The lowest BCUT2D eigenvalue weighted by atomic mass is 9.85. The molecule has 1 saturated carbocycles. The van der Waals surface area contributed by atoms with Crippen molar-refractivity contribution in [2.75, 3.05) is 5.32 Å². The highest BCUT2D eigenvalue weighted by Crippen LogP contribution is 2.28. The smallest absolute Gasteiger partial charge is 0.270 e. The molecule has 1 fully saturated rings. The van der Waals surface area contributed by atoms with Gasteiger partial charge in [0.1, 0.15) is 23.3 Å². The van der Waals surface area contributed by atoms with Gasteiger partial charge in [-0.15, -0.1) is 0 Å². The van der Waals surface area contributed by atoms with Gasteiger partial charge in [0.15, 0.2) is 0 Å². The molecule has 2 N–H and O–H groups in total. The van der Waals surface area contributed by atoms with Gasteiger partial charge < -0.3 is 15.2 Å². The van der Waals surface area contributed by atoms with Gasteiger partial charge in [-0.25, -0.2) is 4.98 Å². The number of aromatic nitrogens is 4. The van der Waals surface area contributed by atoms with Gasteiger partial charge >= 0.3 is 0 Å². The van der Waals surface area contributed by atoms with Gasteiger partial charge in [0.05, 0.1) is 5.69 Å². The average molecular weight is 465 g/mol. The standard InChI is InChI=1S/C25H32N6O3/c1-16-22(17(2)34-30-16)19-11-12-21(26-15-19)28-25(33)23(18-9-7-5-4-6-8-10-18)29-24(32)20-13-14-27-31(20)3/h11-15,18,23H,4-10H2,1-3H3,(H,29,32)(H,26,28,33). The summed E-state index contributed by atoms with van der Waals surface area (Å²) in [5.74, 6) is 0.672. The highest BCUT2D eigenvalue weighted by Gasteiger charge is 2.31. The van der Waals surface area contributed by atoms with Crippen molar-refractivity contribution in [3.05, 3.63) is 47.7 Å². The van der Waals surface area contributed by atoms with Gasteiger partial charge in [-0.1, -0.05) is 37.3 Å². The highest BCUT2D eigenvalue weighted by molar-refractivity contribution is 6.00. The molecular formula is C25H32N6O3. The largest absolute Gasteiger partial charge is 0.361 e. The molecular weight excluding hydrogens is 432 g/mol. The number of hydrogen-bond donors (Lipinski definition) is 2. The minimum Gasteiger partial charge on any atom is -0.361 e. The fourth-order valence-electron chi connectivity index (χ4n) is 4.75. The van der Waals surface area contributed by atoms with Crippen LogP contribution < -0.4 is 10.6 Å². The molecule has 4 rings (SSSR count). The first-order chi connectivity index (χ1) is 16.4. The monoisotopic (exact) mass is 464 g/mol. The van der Waals surface area contributed by atoms with E-state index in [2.05, 4.69) is 25.9 Å². The topological polar surface area (TPSA) is 115 Å². The summed E-state index contributed by atoms with van der Waals surface area (Å²) in [5.41, 5.74) is 2.99. The Hall–Kier alpha value is -3.49. The molecule has 180 valence electrons. The minimum absolute atomic E-state index is 0.0686. The second-order valence-corrected chi connectivity index (χ2v) is 9.02. The molecule has 0 aromatic carbocycles. The quantitative estimate of drug-likeness (QED) is 0.565. The van der Waals surface area contributed by atoms with E-state index >= 15 is 0 Å². The minimum atomic E-state index is -0.649. The Labute approximate surface area is 199 Å². The van der Waals surface area contributed by atoms with Crippen molar-refractivity contribution in [3.8, 4) is 11.1 Å². The van der Waals surface area contributed by atoms with Crippen LogP contribution in [0.4, 0.5) is 5.82 Å². The summed E-state index contributed by atoms with van der Waals surface area (Å²) in [4.78, 5) is 30.8. The number of pyridine rings is 1. The van der Waals surface area contributed by atoms with Crippen molar-refractivity contribution in [2.45, 2.75) is 64.8 Å². The molecule has 1 atom stereocenters. The van der Waals surface area contributed by atoms with Crippen LogP contribution >= 0.6 is 0 Å². The molecule has 3 heterocycles. The number of nitrogens with zero attached hydrogens (tertiary/aromatic N) is 4. The maximum atomic E-state index is 13.4. The van der Waals surface area contributed by atoms with Crippen LogP contribution in [0.5, 0.6) is 0 Å². The van der Waals surface area contributed by atoms with E-state index < -0.39 is 6.04 Å². The van der Waals surface area contributed by atoms with Crippen molar-refractivity contribution < 1.29 is 14.1 Å². The number of anilines is 1. The number of nitrogens with one attached hydrogen (secondary N) is 2. The summed E-state index contributed by atoms with van der Waals surface area (Å²) in [7, 11) is 1.71. The van der Waals surface area contributed by atoms with Gasteiger partial charge in [-0.2, -0.15) is 5.10 Å². The summed E-state index contributed by atoms with van der Waals surface area (Å²) < 4.78 is 6.76. The molecule has 1 aliphatic carbocycles. The van der Waals surface area contributed by atoms with E-state index in [0.29, 0.717) is 11.5 Å². The maximum absolute atomic E-state index is 13.4. The normalized spacial score (nSPS) is 15.9. The number of hydrogen-bond acceptors (Lipinski definition) is 6. The molecule has 0 aliphatic heterocycles. The molecule has 0 spiro atoms. The van der Waals surface area contributed by atoms with E-state index in [4.69, 9.17) is 4.52 Å². The molecule has 3 aromatic heterocycles. The fourth-order valence-corrected chi connectivity index (χ4v) is 4.75. The molecule has 1 aliphatic rings. The van der Waals surface area contributed by atoms with Crippen LogP contribution in [-0.4, -0.2) is 37.8 Å². The first-order valence-electron chi connectivity index (χ1n) is 11.9. The molecule has 0 bridgehead atoms. The third-order valence-electron chi connectivity index (χ3n) is 6.58. The van der Waals surface area contributed by atoms with E-state index in [9.17, 15) is 9.59 Å². The number of rotatable bonds is 6.